The van der Waals surface area contributed by atoms with Gasteiger partial charge in [-0.1, -0.05) is 0 Å². The van der Waals surface area contributed by atoms with Crippen LogP contribution in [0.1, 0.15) is 27.7 Å². The van der Waals surface area contributed by atoms with Crippen molar-refractivity contribution in [3.05, 3.63) is 87.0 Å². The monoisotopic (exact) mass is 434 g/mol. The fraction of sp³-hybridized carbons (Fsp3) is 0.417. The molecule has 10 radical (unpaired) electrons. The minimum atomic E-state index is 0. The third kappa shape index (κ3) is 10.2. The topological polar surface area (TPSA) is 13.0 Å². The number of nitrogens with zero attached hydrogens (tertiary/aromatic N) is 4. The van der Waals surface area contributed by atoms with E-state index in [0.717, 1.165) is 13.3 Å². The summed E-state index contributed by atoms with van der Waals surface area (Å²) in [7, 11) is 8.45. The molecule has 0 bridgehead atoms. The van der Waals surface area contributed by atoms with Crippen LogP contribution in [0, 0.1) is 64.2 Å². The minimum Gasteiger partial charge on any atom is -0.359 e. The first-order chi connectivity index (χ1) is 13.3. The van der Waals surface area contributed by atoms with Gasteiger partial charge < -0.3 is 19.6 Å². The maximum absolute atomic E-state index is 2.25. The molecule has 2 fully saturated rings. The van der Waals surface area contributed by atoms with Crippen molar-refractivity contribution in [1.82, 2.24) is 19.6 Å². The van der Waals surface area contributed by atoms with E-state index in [1.165, 1.54) is 22.8 Å². The molecular formula is C24H38CrN4+2. The van der Waals surface area contributed by atoms with Crippen molar-refractivity contribution in [1.29, 1.82) is 0 Å². The maximum Gasteiger partial charge on any atom is 2.00 e. The molecule has 2 heterocycles. The Morgan fingerprint density at radius 3 is 0.621 bits per heavy atom. The largest absolute Gasteiger partial charge is 2.00 e. The molecule has 4 nitrogen and oxygen atoms in total. The van der Waals surface area contributed by atoms with E-state index in [9.17, 15) is 0 Å². The maximum atomic E-state index is 2.25. The summed E-state index contributed by atoms with van der Waals surface area (Å²) in [6, 6.07) is 0. The van der Waals surface area contributed by atoms with E-state index < -0.39 is 0 Å². The van der Waals surface area contributed by atoms with Gasteiger partial charge in [0.2, 0.25) is 0 Å². The molecule has 4 aliphatic rings. The molecule has 5 heteroatoms. The molecule has 0 unspecified atom stereocenters. The van der Waals surface area contributed by atoms with E-state index in [1.54, 1.807) is 0 Å². The van der Waals surface area contributed by atoms with Crippen LogP contribution in [0.5, 0.6) is 0 Å². The van der Waals surface area contributed by atoms with Gasteiger partial charge >= 0.3 is 17.4 Å². The Hall–Kier alpha value is -0.788. The van der Waals surface area contributed by atoms with Crippen molar-refractivity contribution in [3.63, 3.8) is 0 Å². The zero-order chi connectivity index (χ0) is 21.1. The zero-order valence-electron chi connectivity index (χ0n) is 19.4. The first-order valence-corrected chi connectivity index (χ1v) is 9.78. The SMILES string of the molecule is CC1=C(C)N(C)CN1C.CC1=C(C)N(C)CN1C.[CH]1[CH][CH][CH][CH]1.[CH]1[CH][CH][CH][CH]1.[Cr+2]. The van der Waals surface area contributed by atoms with E-state index in [2.05, 4.69) is 75.5 Å². The van der Waals surface area contributed by atoms with Crippen LogP contribution in [0.4, 0.5) is 0 Å². The summed E-state index contributed by atoms with van der Waals surface area (Å²) in [5.74, 6) is 0. The molecule has 0 aromatic heterocycles. The van der Waals surface area contributed by atoms with Gasteiger partial charge in [0.25, 0.3) is 0 Å². The smallest absolute Gasteiger partial charge is 0.359 e. The molecule has 0 atom stereocenters. The molecular weight excluding hydrogens is 396 g/mol. The summed E-state index contributed by atoms with van der Waals surface area (Å²) in [5.41, 5.74) is 5.55. The number of hydrogen-bond acceptors (Lipinski definition) is 4. The van der Waals surface area contributed by atoms with Crippen molar-refractivity contribution in [2.75, 3.05) is 41.5 Å². The first kappa shape index (κ1) is 28.2. The average Bonchev–Trinajstić information content (AvgIpc) is 3.47. The standard InChI is InChI=1S/2C7H14N2.2C5H5.Cr/c2*1-6-7(2)9(4)5-8(6)3;2*1-2-4-5-3-1;/h2*5H2,1-4H3;2*1-5H;/q;;;;+2. The molecule has 0 aromatic rings. The van der Waals surface area contributed by atoms with Crippen LogP contribution in [-0.2, 0) is 17.4 Å². The summed E-state index contributed by atoms with van der Waals surface area (Å²) in [4.78, 5) is 8.98. The number of hydrogen-bond donors (Lipinski definition) is 0. The summed E-state index contributed by atoms with van der Waals surface area (Å²) in [6.07, 6.45) is 20.0. The van der Waals surface area contributed by atoms with Gasteiger partial charge in [-0.05, 0) is 91.9 Å². The summed E-state index contributed by atoms with van der Waals surface area (Å²) < 4.78 is 0. The minimum absolute atomic E-state index is 0. The number of rotatable bonds is 0. The Kier molecular flexibility index (Phi) is 14.7. The van der Waals surface area contributed by atoms with Crippen molar-refractivity contribution < 1.29 is 17.4 Å². The van der Waals surface area contributed by atoms with Gasteiger partial charge in [0.05, 0.1) is 13.3 Å². The van der Waals surface area contributed by atoms with Gasteiger partial charge in [-0.15, -0.1) is 0 Å². The molecule has 0 N–H and O–H groups in total. The molecule has 0 spiro atoms. The average molecular weight is 435 g/mol. The van der Waals surface area contributed by atoms with Crippen LogP contribution >= 0.6 is 0 Å². The molecule has 29 heavy (non-hydrogen) atoms. The molecule has 4 rings (SSSR count). The molecule has 0 aromatic carbocycles. The van der Waals surface area contributed by atoms with Crippen LogP contribution in [0.15, 0.2) is 22.8 Å². The quantitative estimate of drug-likeness (QED) is 0.567. The predicted molar refractivity (Wildman–Crippen MR) is 121 cm³/mol. The zero-order valence-corrected chi connectivity index (χ0v) is 20.7. The predicted octanol–water partition coefficient (Wildman–Crippen LogP) is 4.19. The molecule has 0 amide bonds. The van der Waals surface area contributed by atoms with E-state index in [1.807, 2.05) is 64.2 Å². The van der Waals surface area contributed by atoms with Gasteiger partial charge in [0, 0.05) is 51.0 Å². The second-order valence-electron chi connectivity index (χ2n) is 7.34. The van der Waals surface area contributed by atoms with Crippen molar-refractivity contribution in [2.24, 2.45) is 0 Å². The van der Waals surface area contributed by atoms with E-state index in [-0.39, 0.29) is 17.4 Å². The van der Waals surface area contributed by atoms with Crippen molar-refractivity contribution >= 4 is 0 Å². The summed E-state index contributed by atoms with van der Waals surface area (Å²) >= 11 is 0. The molecule has 158 valence electrons. The van der Waals surface area contributed by atoms with Crippen molar-refractivity contribution in [2.45, 2.75) is 27.7 Å². The van der Waals surface area contributed by atoms with Crippen LogP contribution in [0.25, 0.3) is 0 Å². The number of allylic oxidation sites excluding steroid dienone is 4. The van der Waals surface area contributed by atoms with E-state index in [4.69, 9.17) is 0 Å². The molecule has 2 saturated carbocycles. The fourth-order valence-corrected chi connectivity index (χ4v) is 2.81. The Morgan fingerprint density at radius 2 is 0.552 bits per heavy atom. The van der Waals surface area contributed by atoms with Crippen LogP contribution < -0.4 is 0 Å². The molecule has 2 aliphatic carbocycles. The van der Waals surface area contributed by atoms with E-state index in [0.29, 0.717) is 0 Å². The van der Waals surface area contributed by atoms with Gasteiger partial charge in [-0.25, -0.2) is 0 Å². The van der Waals surface area contributed by atoms with Crippen molar-refractivity contribution in [3.8, 4) is 0 Å². The Morgan fingerprint density at radius 1 is 0.414 bits per heavy atom. The van der Waals surface area contributed by atoms with Crippen LogP contribution in [-0.4, -0.2) is 61.1 Å². The molecule has 0 saturated heterocycles. The Labute approximate surface area is 193 Å². The first-order valence-electron chi connectivity index (χ1n) is 9.78. The van der Waals surface area contributed by atoms with Gasteiger partial charge in [0.1, 0.15) is 0 Å². The Bertz CT molecular complexity index is 414. The Balaban J connectivity index is 0.000000369. The van der Waals surface area contributed by atoms with Crippen LogP contribution in [0.2, 0.25) is 0 Å². The van der Waals surface area contributed by atoms with E-state index >= 15 is 0 Å². The second-order valence-corrected chi connectivity index (χ2v) is 7.34. The summed E-state index contributed by atoms with van der Waals surface area (Å²) in [5, 5.41) is 0. The van der Waals surface area contributed by atoms with Gasteiger partial charge in [-0.3, -0.25) is 0 Å². The third-order valence-electron chi connectivity index (χ3n) is 5.30. The second kappa shape index (κ2) is 15.1. The fourth-order valence-electron chi connectivity index (χ4n) is 2.81. The summed E-state index contributed by atoms with van der Waals surface area (Å²) in [6.45, 7) is 10.7. The third-order valence-corrected chi connectivity index (χ3v) is 5.30. The molecule has 2 aliphatic heterocycles. The van der Waals surface area contributed by atoms with Gasteiger partial charge in [0.15, 0.2) is 0 Å². The normalized spacial score (nSPS) is 20.7. The van der Waals surface area contributed by atoms with Crippen LogP contribution in [0.3, 0.4) is 0 Å². The van der Waals surface area contributed by atoms with Gasteiger partial charge in [-0.2, -0.15) is 0 Å².